The standard InChI is InChI=1S/C22H20N4O2/c1-15(27)16-6-8-19(9-7-16)24-21(28)20-10-12-23-22(25-20)26-13-11-17-4-2-3-5-18(17)14-26/h2-10,12H,11,13-14H2,1H3,(H,24,28). The molecule has 1 aliphatic rings. The molecule has 0 fully saturated rings. The van der Waals surface area contributed by atoms with Crippen LogP contribution in [0.3, 0.4) is 0 Å². The van der Waals surface area contributed by atoms with Gasteiger partial charge < -0.3 is 10.2 Å². The minimum atomic E-state index is -0.309. The molecule has 1 amide bonds. The number of anilines is 2. The lowest BCUT2D eigenvalue weighted by Gasteiger charge is -2.28. The molecule has 2 aromatic carbocycles. The molecular formula is C22H20N4O2. The van der Waals surface area contributed by atoms with Crippen molar-refractivity contribution in [2.45, 2.75) is 19.9 Å². The first-order valence-electron chi connectivity index (χ1n) is 9.17. The molecule has 0 saturated heterocycles. The molecule has 6 heteroatoms. The van der Waals surface area contributed by atoms with E-state index in [1.54, 1.807) is 36.5 Å². The molecule has 0 bridgehead atoms. The minimum absolute atomic E-state index is 0.0126. The Kier molecular flexibility index (Phi) is 4.85. The highest BCUT2D eigenvalue weighted by Gasteiger charge is 2.19. The van der Waals surface area contributed by atoms with Crippen molar-refractivity contribution in [2.75, 3.05) is 16.8 Å². The van der Waals surface area contributed by atoms with Crippen molar-refractivity contribution in [1.29, 1.82) is 0 Å². The SMILES string of the molecule is CC(=O)c1ccc(NC(=O)c2ccnc(N3CCc4ccccc4C3)n2)cc1. The van der Waals surface area contributed by atoms with Crippen molar-refractivity contribution in [3.05, 3.63) is 83.2 Å². The molecule has 1 aromatic heterocycles. The maximum absolute atomic E-state index is 12.6. The van der Waals surface area contributed by atoms with Crippen LogP contribution in [0.1, 0.15) is 38.9 Å². The number of benzene rings is 2. The Morgan fingerprint density at radius 1 is 1.00 bits per heavy atom. The van der Waals surface area contributed by atoms with Gasteiger partial charge >= 0.3 is 0 Å². The highest BCUT2D eigenvalue weighted by Crippen LogP contribution is 2.22. The van der Waals surface area contributed by atoms with Crippen molar-refractivity contribution in [1.82, 2.24) is 9.97 Å². The van der Waals surface area contributed by atoms with Gasteiger partial charge in [0, 0.05) is 30.5 Å². The van der Waals surface area contributed by atoms with Gasteiger partial charge in [-0.15, -0.1) is 0 Å². The Bertz CT molecular complexity index is 1030. The lowest BCUT2D eigenvalue weighted by Crippen LogP contribution is -2.32. The van der Waals surface area contributed by atoms with Crippen LogP contribution in [0.15, 0.2) is 60.8 Å². The van der Waals surface area contributed by atoms with E-state index >= 15 is 0 Å². The molecule has 3 aromatic rings. The van der Waals surface area contributed by atoms with Crippen LogP contribution in [-0.4, -0.2) is 28.2 Å². The van der Waals surface area contributed by atoms with Crippen LogP contribution in [-0.2, 0) is 13.0 Å². The first-order valence-corrected chi connectivity index (χ1v) is 9.17. The number of nitrogens with one attached hydrogen (secondary N) is 1. The van der Waals surface area contributed by atoms with Crippen molar-refractivity contribution in [3.63, 3.8) is 0 Å². The molecule has 0 unspecified atom stereocenters. The summed E-state index contributed by atoms with van der Waals surface area (Å²) in [5, 5.41) is 2.81. The molecule has 140 valence electrons. The molecule has 0 radical (unpaired) electrons. The van der Waals surface area contributed by atoms with Crippen LogP contribution >= 0.6 is 0 Å². The lowest BCUT2D eigenvalue weighted by molar-refractivity contribution is 0.101. The summed E-state index contributed by atoms with van der Waals surface area (Å²) in [5.41, 5.74) is 4.13. The fraction of sp³-hybridized carbons (Fsp3) is 0.182. The second kappa shape index (κ2) is 7.60. The molecule has 0 saturated carbocycles. The summed E-state index contributed by atoms with van der Waals surface area (Å²) < 4.78 is 0. The lowest BCUT2D eigenvalue weighted by atomic mass is 10.0. The van der Waals surface area contributed by atoms with E-state index in [-0.39, 0.29) is 11.7 Å². The third-order valence-corrected chi connectivity index (χ3v) is 4.84. The number of nitrogens with zero attached hydrogens (tertiary/aromatic N) is 3. The Hall–Kier alpha value is -3.54. The summed E-state index contributed by atoms with van der Waals surface area (Å²) in [4.78, 5) is 34.8. The summed E-state index contributed by atoms with van der Waals surface area (Å²) >= 11 is 0. The summed E-state index contributed by atoms with van der Waals surface area (Å²) in [6.07, 6.45) is 2.54. The first kappa shape index (κ1) is 17.9. The summed E-state index contributed by atoms with van der Waals surface area (Å²) in [6.45, 7) is 3.05. The maximum atomic E-state index is 12.6. The molecule has 0 atom stereocenters. The zero-order valence-electron chi connectivity index (χ0n) is 15.6. The Morgan fingerprint density at radius 2 is 1.75 bits per heavy atom. The van der Waals surface area contributed by atoms with Gasteiger partial charge in [-0.05, 0) is 54.8 Å². The molecular weight excluding hydrogens is 352 g/mol. The molecule has 0 spiro atoms. The average Bonchev–Trinajstić information content (AvgIpc) is 2.74. The van der Waals surface area contributed by atoms with E-state index in [0.717, 1.165) is 19.5 Å². The molecule has 0 aliphatic carbocycles. The van der Waals surface area contributed by atoms with Gasteiger partial charge in [-0.2, -0.15) is 0 Å². The fourth-order valence-corrected chi connectivity index (χ4v) is 3.28. The Balaban J connectivity index is 1.49. The second-order valence-corrected chi connectivity index (χ2v) is 6.77. The zero-order chi connectivity index (χ0) is 19.5. The normalized spacial score (nSPS) is 13.0. The number of hydrogen-bond donors (Lipinski definition) is 1. The van der Waals surface area contributed by atoms with E-state index in [1.165, 1.54) is 18.1 Å². The fourth-order valence-electron chi connectivity index (χ4n) is 3.28. The number of aromatic nitrogens is 2. The van der Waals surface area contributed by atoms with Gasteiger partial charge in [0.2, 0.25) is 5.95 Å². The van der Waals surface area contributed by atoms with Crippen molar-refractivity contribution < 1.29 is 9.59 Å². The Labute approximate surface area is 163 Å². The third-order valence-electron chi connectivity index (χ3n) is 4.84. The van der Waals surface area contributed by atoms with E-state index in [9.17, 15) is 9.59 Å². The van der Waals surface area contributed by atoms with Gasteiger partial charge in [-0.1, -0.05) is 24.3 Å². The number of hydrogen-bond acceptors (Lipinski definition) is 5. The van der Waals surface area contributed by atoms with Crippen molar-refractivity contribution in [2.24, 2.45) is 0 Å². The largest absolute Gasteiger partial charge is 0.336 e. The highest BCUT2D eigenvalue weighted by atomic mass is 16.2. The highest BCUT2D eigenvalue weighted by molar-refractivity contribution is 6.03. The second-order valence-electron chi connectivity index (χ2n) is 6.77. The molecule has 28 heavy (non-hydrogen) atoms. The van der Waals surface area contributed by atoms with Gasteiger partial charge in [0.1, 0.15) is 5.69 Å². The van der Waals surface area contributed by atoms with Gasteiger partial charge in [-0.25, -0.2) is 9.97 Å². The van der Waals surface area contributed by atoms with E-state index < -0.39 is 0 Å². The predicted octanol–water partition coefficient (Wildman–Crippen LogP) is 3.49. The van der Waals surface area contributed by atoms with Gasteiger partial charge in [-0.3, -0.25) is 9.59 Å². The predicted molar refractivity (Wildman–Crippen MR) is 108 cm³/mol. The quantitative estimate of drug-likeness (QED) is 0.710. The molecule has 6 nitrogen and oxygen atoms in total. The number of carbonyl (C=O) groups excluding carboxylic acids is 2. The van der Waals surface area contributed by atoms with Crippen molar-refractivity contribution >= 4 is 23.3 Å². The number of rotatable bonds is 4. The third kappa shape index (κ3) is 3.76. The average molecular weight is 372 g/mol. The summed E-state index contributed by atoms with van der Waals surface area (Å²) in [7, 11) is 0. The van der Waals surface area contributed by atoms with E-state index in [0.29, 0.717) is 22.9 Å². The maximum Gasteiger partial charge on any atom is 0.274 e. The van der Waals surface area contributed by atoms with Crippen LogP contribution in [0.5, 0.6) is 0 Å². The number of Topliss-reactive ketones (excluding diaryl/α,β-unsaturated/α-hetero) is 1. The first-order chi connectivity index (χ1) is 13.6. The van der Waals surface area contributed by atoms with E-state index in [1.807, 2.05) is 6.07 Å². The van der Waals surface area contributed by atoms with E-state index in [4.69, 9.17) is 0 Å². The number of ketones is 1. The topological polar surface area (TPSA) is 75.2 Å². The molecule has 1 N–H and O–H groups in total. The number of fused-ring (bicyclic) bond motifs is 1. The monoisotopic (exact) mass is 372 g/mol. The van der Waals surface area contributed by atoms with Crippen LogP contribution < -0.4 is 10.2 Å². The smallest absolute Gasteiger partial charge is 0.274 e. The molecule has 2 heterocycles. The number of amides is 1. The summed E-state index contributed by atoms with van der Waals surface area (Å²) in [6, 6.07) is 16.7. The van der Waals surface area contributed by atoms with Gasteiger partial charge in [0.15, 0.2) is 5.78 Å². The van der Waals surface area contributed by atoms with Crippen LogP contribution in [0, 0.1) is 0 Å². The number of carbonyl (C=O) groups is 2. The van der Waals surface area contributed by atoms with Crippen LogP contribution in [0.2, 0.25) is 0 Å². The van der Waals surface area contributed by atoms with Crippen molar-refractivity contribution in [3.8, 4) is 0 Å². The van der Waals surface area contributed by atoms with Gasteiger partial charge in [0.05, 0.1) is 0 Å². The molecule has 4 rings (SSSR count). The van der Waals surface area contributed by atoms with Gasteiger partial charge in [0.25, 0.3) is 5.91 Å². The van der Waals surface area contributed by atoms with Crippen LogP contribution in [0.25, 0.3) is 0 Å². The Morgan fingerprint density at radius 3 is 2.50 bits per heavy atom. The van der Waals surface area contributed by atoms with E-state index in [2.05, 4.69) is 38.4 Å². The minimum Gasteiger partial charge on any atom is -0.336 e. The van der Waals surface area contributed by atoms with Crippen LogP contribution in [0.4, 0.5) is 11.6 Å². The summed E-state index contributed by atoms with van der Waals surface area (Å²) in [5.74, 6) is 0.229. The zero-order valence-corrected chi connectivity index (χ0v) is 15.6. The molecule has 1 aliphatic heterocycles.